The first-order valence-electron chi connectivity index (χ1n) is 9.21. The van der Waals surface area contributed by atoms with Crippen LogP contribution in [-0.4, -0.2) is 23.1 Å². The molecule has 0 aliphatic rings. The quantitative estimate of drug-likeness (QED) is 0.280. The summed E-state index contributed by atoms with van der Waals surface area (Å²) < 4.78 is 66.5. The number of thiophene rings is 1. The van der Waals surface area contributed by atoms with Gasteiger partial charge in [0.25, 0.3) is 0 Å². The van der Waals surface area contributed by atoms with Crippen LogP contribution in [0, 0.1) is 11.6 Å². The highest BCUT2D eigenvalue weighted by molar-refractivity contribution is 7.19. The van der Waals surface area contributed by atoms with Crippen molar-refractivity contribution in [1.82, 2.24) is 21.2 Å². The molecule has 1 aromatic carbocycles. The number of urea groups is 1. The zero-order valence-corrected chi connectivity index (χ0v) is 19.2. The Hall–Kier alpha value is -2.96. The number of aromatic nitrogens is 1. The SMILES string of the molecule is C[C@@H](NC(=O)NNC(=O)C(F)(F)F)c1ncc(-c2cc(Cl)cc(F)c2-c2ccc(Cl)s2)cc1F. The van der Waals surface area contributed by atoms with Crippen molar-refractivity contribution < 1.29 is 31.5 Å². The molecule has 1 atom stereocenters. The van der Waals surface area contributed by atoms with Crippen LogP contribution in [0.1, 0.15) is 18.7 Å². The first-order chi connectivity index (χ1) is 15.9. The number of alkyl halides is 3. The summed E-state index contributed by atoms with van der Waals surface area (Å²) >= 11 is 13.1. The molecule has 0 radical (unpaired) electrons. The molecule has 0 fully saturated rings. The summed E-state index contributed by atoms with van der Waals surface area (Å²) in [6.07, 6.45) is -3.97. The third-order valence-electron chi connectivity index (χ3n) is 4.36. The van der Waals surface area contributed by atoms with Crippen LogP contribution in [0.4, 0.5) is 26.7 Å². The molecule has 0 aliphatic heterocycles. The lowest BCUT2D eigenvalue weighted by Crippen LogP contribution is -2.51. The Morgan fingerprint density at radius 1 is 1.06 bits per heavy atom. The number of nitrogens with one attached hydrogen (secondary N) is 3. The zero-order chi connectivity index (χ0) is 25.2. The van der Waals surface area contributed by atoms with E-state index < -0.39 is 35.8 Å². The molecule has 3 amide bonds. The second-order valence-electron chi connectivity index (χ2n) is 6.78. The Balaban J connectivity index is 1.83. The highest BCUT2D eigenvalue weighted by atomic mass is 35.5. The number of amides is 3. The topological polar surface area (TPSA) is 83.1 Å². The van der Waals surface area contributed by atoms with Gasteiger partial charge in [-0.25, -0.2) is 19.0 Å². The molecule has 6 nitrogen and oxygen atoms in total. The van der Waals surface area contributed by atoms with E-state index in [4.69, 9.17) is 23.2 Å². The lowest BCUT2D eigenvalue weighted by Gasteiger charge is -2.17. The van der Waals surface area contributed by atoms with Crippen molar-refractivity contribution >= 4 is 46.5 Å². The Labute approximate surface area is 203 Å². The molecule has 2 aromatic heterocycles. The maximum absolute atomic E-state index is 14.8. The van der Waals surface area contributed by atoms with Gasteiger partial charge >= 0.3 is 18.1 Å². The highest BCUT2D eigenvalue weighted by Gasteiger charge is 2.39. The summed E-state index contributed by atoms with van der Waals surface area (Å²) in [5, 5.41) is 2.20. The summed E-state index contributed by atoms with van der Waals surface area (Å²) in [5.41, 5.74) is 2.96. The van der Waals surface area contributed by atoms with Gasteiger partial charge in [0, 0.05) is 27.2 Å². The fourth-order valence-corrected chi connectivity index (χ4v) is 4.21. The van der Waals surface area contributed by atoms with Crippen molar-refractivity contribution in [2.75, 3.05) is 0 Å². The number of benzene rings is 1. The second kappa shape index (κ2) is 10.1. The van der Waals surface area contributed by atoms with Crippen molar-refractivity contribution in [3.8, 4) is 21.6 Å². The third kappa shape index (κ3) is 5.93. The summed E-state index contributed by atoms with van der Waals surface area (Å²) in [4.78, 5) is 26.9. The van der Waals surface area contributed by atoms with E-state index >= 15 is 0 Å². The average Bonchev–Trinajstić information content (AvgIpc) is 3.16. The van der Waals surface area contributed by atoms with E-state index in [1.165, 1.54) is 24.6 Å². The third-order valence-corrected chi connectivity index (χ3v) is 5.83. The number of carbonyl (C=O) groups excluding carboxylic acids is 2. The van der Waals surface area contributed by atoms with Crippen molar-refractivity contribution in [3.63, 3.8) is 0 Å². The zero-order valence-electron chi connectivity index (χ0n) is 16.9. The van der Waals surface area contributed by atoms with E-state index in [2.05, 4.69) is 10.3 Å². The molecule has 0 saturated carbocycles. The van der Waals surface area contributed by atoms with E-state index in [0.717, 1.165) is 28.9 Å². The monoisotopic (exact) mass is 538 g/mol. The summed E-state index contributed by atoms with van der Waals surface area (Å²) in [7, 11) is 0. The van der Waals surface area contributed by atoms with Gasteiger partial charge in [-0.05, 0) is 42.8 Å². The van der Waals surface area contributed by atoms with Gasteiger partial charge in [-0.15, -0.1) is 11.3 Å². The van der Waals surface area contributed by atoms with Crippen LogP contribution in [0.5, 0.6) is 0 Å². The number of rotatable bonds is 4. The standard InChI is InChI=1S/C20H13Cl2F5N4O2S/c1-8(29-19(33)31-30-18(32)20(25,26)27)17-13(24)4-9(7-28-17)11-5-10(21)6-12(23)16(11)14-2-3-15(22)34-14/h2-8H,1H3,(H,30,32)(H2,29,31,33)/t8-/m1/s1. The van der Waals surface area contributed by atoms with Crippen LogP contribution in [0.15, 0.2) is 36.5 Å². The van der Waals surface area contributed by atoms with Gasteiger partial charge in [0.05, 0.1) is 16.1 Å². The Morgan fingerprint density at radius 3 is 2.35 bits per heavy atom. The van der Waals surface area contributed by atoms with Gasteiger partial charge < -0.3 is 5.32 Å². The molecule has 3 rings (SSSR count). The fourth-order valence-electron chi connectivity index (χ4n) is 2.90. The molecule has 0 unspecified atom stereocenters. The molecule has 3 aromatic rings. The molecule has 0 spiro atoms. The molecule has 0 bridgehead atoms. The predicted molar refractivity (Wildman–Crippen MR) is 117 cm³/mol. The number of hydrogen-bond donors (Lipinski definition) is 3. The highest BCUT2D eigenvalue weighted by Crippen LogP contribution is 2.41. The maximum atomic E-state index is 14.8. The van der Waals surface area contributed by atoms with Gasteiger partial charge in [-0.1, -0.05) is 23.2 Å². The maximum Gasteiger partial charge on any atom is 0.472 e. The first-order valence-corrected chi connectivity index (χ1v) is 10.8. The van der Waals surface area contributed by atoms with E-state index in [-0.39, 0.29) is 27.4 Å². The van der Waals surface area contributed by atoms with E-state index in [1.54, 1.807) is 12.1 Å². The summed E-state index contributed by atoms with van der Waals surface area (Å²) in [6.45, 7) is 1.31. The number of pyridine rings is 1. The van der Waals surface area contributed by atoms with Crippen molar-refractivity contribution in [3.05, 3.63) is 63.2 Å². The van der Waals surface area contributed by atoms with Crippen LogP contribution >= 0.6 is 34.5 Å². The lowest BCUT2D eigenvalue weighted by atomic mass is 9.98. The van der Waals surface area contributed by atoms with Crippen LogP contribution in [-0.2, 0) is 4.79 Å². The molecule has 3 N–H and O–H groups in total. The molecule has 180 valence electrons. The molecule has 34 heavy (non-hydrogen) atoms. The lowest BCUT2D eigenvalue weighted by molar-refractivity contribution is -0.174. The summed E-state index contributed by atoms with van der Waals surface area (Å²) in [6, 6.07) is 4.43. The minimum absolute atomic E-state index is 0.0657. The number of carbonyl (C=O) groups is 2. The van der Waals surface area contributed by atoms with Crippen molar-refractivity contribution in [2.24, 2.45) is 0 Å². The normalized spacial score (nSPS) is 12.2. The van der Waals surface area contributed by atoms with Gasteiger partial charge in [-0.3, -0.25) is 15.2 Å². The van der Waals surface area contributed by atoms with E-state index in [0.29, 0.717) is 9.21 Å². The van der Waals surface area contributed by atoms with Crippen LogP contribution < -0.4 is 16.2 Å². The van der Waals surface area contributed by atoms with Crippen molar-refractivity contribution in [2.45, 2.75) is 19.1 Å². The molecule has 0 saturated heterocycles. The molecule has 14 heteroatoms. The van der Waals surface area contributed by atoms with Gasteiger partial charge in [0.2, 0.25) is 0 Å². The van der Waals surface area contributed by atoms with Crippen LogP contribution in [0.25, 0.3) is 21.6 Å². The Kier molecular flexibility index (Phi) is 7.64. The fraction of sp³-hybridized carbons (Fsp3) is 0.150. The van der Waals surface area contributed by atoms with Crippen molar-refractivity contribution in [1.29, 1.82) is 0 Å². The second-order valence-corrected chi connectivity index (χ2v) is 8.93. The predicted octanol–water partition coefficient (Wildman–Crippen LogP) is 6.02. The largest absolute Gasteiger partial charge is 0.472 e. The molecule has 0 aliphatic carbocycles. The Morgan fingerprint density at radius 2 is 1.76 bits per heavy atom. The summed E-state index contributed by atoms with van der Waals surface area (Å²) in [5.74, 6) is -3.93. The Bertz CT molecular complexity index is 1250. The number of nitrogens with zero attached hydrogens (tertiary/aromatic N) is 1. The molecular weight excluding hydrogens is 526 g/mol. The number of hydrogen-bond acceptors (Lipinski definition) is 4. The van der Waals surface area contributed by atoms with Gasteiger partial charge in [-0.2, -0.15) is 13.2 Å². The number of hydrazine groups is 1. The minimum Gasteiger partial charge on any atom is -0.329 e. The first kappa shape index (κ1) is 25.7. The van der Waals surface area contributed by atoms with Gasteiger partial charge in [0.15, 0.2) is 0 Å². The van der Waals surface area contributed by atoms with Gasteiger partial charge in [0.1, 0.15) is 11.6 Å². The van der Waals surface area contributed by atoms with Crippen LogP contribution in [0.2, 0.25) is 9.36 Å². The number of halogens is 7. The van der Waals surface area contributed by atoms with Crippen LogP contribution in [0.3, 0.4) is 0 Å². The smallest absolute Gasteiger partial charge is 0.329 e. The average molecular weight is 539 g/mol. The van der Waals surface area contributed by atoms with E-state index in [9.17, 15) is 31.5 Å². The minimum atomic E-state index is -5.20. The molecular formula is C20H13Cl2F5N4O2S. The molecule has 2 heterocycles. The van der Waals surface area contributed by atoms with E-state index in [1.807, 2.05) is 0 Å².